The molecule has 0 saturated carbocycles. The number of halogens is 2. The first-order valence-corrected chi connectivity index (χ1v) is 2.70. The van der Waals surface area contributed by atoms with Gasteiger partial charge in [-0.1, -0.05) is 0 Å². The lowest BCUT2D eigenvalue weighted by Crippen LogP contribution is -2.11. The molecule has 1 heterocycles. The summed E-state index contributed by atoms with van der Waals surface area (Å²) in [6.45, 7) is 0.302. The average molecular weight is 197 g/mol. The Morgan fingerprint density at radius 2 is 2.09 bits per heavy atom. The maximum absolute atomic E-state index is 10.8. The van der Waals surface area contributed by atoms with Crippen LogP contribution in [-0.2, 0) is 6.54 Å². The van der Waals surface area contributed by atoms with Crippen LogP contribution in [0, 0.1) is 0 Å². The van der Waals surface area contributed by atoms with E-state index in [0.29, 0.717) is 12.1 Å². The topological polar surface area (TPSA) is 58.9 Å². The zero-order valence-electron chi connectivity index (χ0n) is 5.74. The molecule has 3 N–H and O–H groups in total. The number of hydrogen-bond acceptors (Lipinski definition) is 2. The number of nitrogens with one attached hydrogen (secondary N) is 1. The molecule has 0 bridgehead atoms. The van der Waals surface area contributed by atoms with Crippen molar-refractivity contribution in [1.82, 2.24) is 4.98 Å². The molecule has 0 aliphatic rings. The highest BCUT2D eigenvalue weighted by molar-refractivity contribution is 5.85. The van der Waals surface area contributed by atoms with Crippen molar-refractivity contribution in [3.63, 3.8) is 0 Å². The maximum Gasteiger partial charge on any atom is 0.186 e. The molecule has 11 heavy (non-hydrogen) atoms. The number of H-pyrrole nitrogens is 1. The molecule has 0 atom stereocenters. The second kappa shape index (κ2) is 6.22. The fourth-order valence-corrected chi connectivity index (χ4v) is 0.610. The molecule has 0 spiro atoms. The Morgan fingerprint density at radius 3 is 2.45 bits per heavy atom. The summed E-state index contributed by atoms with van der Waals surface area (Å²) in [4.78, 5) is 13.5. The van der Waals surface area contributed by atoms with Crippen molar-refractivity contribution in [2.24, 2.45) is 5.73 Å². The number of pyridine rings is 1. The highest BCUT2D eigenvalue weighted by atomic mass is 35.5. The Balaban J connectivity index is 0. The highest BCUT2D eigenvalue weighted by Gasteiger charge is 1.90. The normalized spacial score (nSPS) is 7.73. The summed E-state index contributed by atoms with van der Waals surface area (Å²) in [7, 11) is 0. The molecule has 0 aromatic carbocycles. The van der Waals surface area contributed by atoms with Crippen molar-refractivity contribution < 1.29 is 0 Å². The van der Waals surface area contributed by atoms with Crippen LogP contribution in [0.4, 0.5) is 0 Å². The molecule has 5 heteroatoms. The van der Waals surface area contributed by atoms with E-state index in [9.17, 15) is 4.79 Å². The number of nitrogens with two attached hydrogens (primary N) is 1. The van der Waals surface area contributed by atoms with Crippen molar-refractivity contribution in [3.05, 3.63) is 34.2 Å². The van der Waals surface area contributed by atoms with Gasteiger partial charge in [-0.15, -0.1) is 24.8 Å². The molecular weight excluding hydrogens is 187 g/mol. The highest BCUT2D eigenvalue weighted by Crippen LogP contribution is 1.82. The van der Waals surface area contributed by atoms with Crippen molar-refractivity contribution in [1.29, 1.82) is 0 Å². The van der Waals surface area contributed by atoms with Gasteiger partial charge in [-0.05, 0) is 0 Å². The van der Waals surface area contributed by atoms with Crippen molar-refractivity contribution in [3.8, 4) is 0 Å². The molecule has 1 aromatic heterocycles. The molecule has 0 radical (unpaired) electrons. The average Bonchev–Trinajstić information content (AvgIpc) is 1.89. The molecule has 0 unspecified atom stereocenters. The fraction of sp³-hybridized carbons (Fsp3) is 0.167. The molecule has 0 aliphatic carbocycles. The Morgan fingerprint density at radius 1 is 1.45 bits per heavy atom. The van der Waals surface area contributed by atoms with E-state index in [4.69, 9.17) is 5.73 Å². The van der Waals surface area contributed by atoms with E-state index in [1.165, 1.54) is 6.07 Å². The summed E-state index contributed by atoms with van der Waals surface area (Å²) in [5.41, 5.74) is 5.85. The van der Waals surface area contributed by atoms with E-state index in [0.717, 1.165) is 0 Å². The standard InChI is InChI=1S/C6H8N2O.2ClH/c7-3-5-4-8-2-1-6(5)9;;/h1-2,4H,3,7H2,(H,8,9);2*1H. The van der Waals surface area contributed by atoms with Crippen LogP contribution in [0.1, 0.15) is 5.56 Å². The molecule has 1 rings (SSSR count). The van der Waals surface area contributed by atoms with Crippen LogP contribution in [-0.4, -0.2) is 4.98 Å². The summed E-state index contributed by atoms with van der Waals surface area (Å²) in [6, 6.07) is 1.46. The van der Waals surface area contributed by atoms with E-state index >= 15 is 0 Å². The monoisotopic (exact) mass is 196 g/mol. The molecular formula is C6H10Cl2N2O. The molecule has 0 saturated heterocycles. The lowest BCUT2D eigenvalue weighted by Gasteiger charge is -1.89. The SMILES string of the molecule is Cl.Cl.NCc1c[nH]ccc1=O. The van der Waals surface area contributed by atoms with Crippen molar-refractivity contribution in [2.45, 2.75) is 6.54 Å². The fourth-order valence-electron chi connectivity index (χ4n) is 0.610. The van der Waals surface area contributed by atoms with Gasteiger partial charge in [0.25, 0.3) is 0 Å². The number of rotatable bonds is 1. The van der Waals surface area contributed by atoms with Crippen molar-refractivity contribution in [2.75, 3.05) is 0 Å². The van der Waals surface area contributed by atoms with E-state index in [1.54, 1.807) is 12.4 Å². The third-order valence-corrected chi connectivity index (χ3v) is 1.12. The molecule has 0 fully saturated rings. The minimum absolute atomic E-state index is 0. The first kappa shape index (κ1) is 13.1. The quantitative estimate of drug-likeness (QED) is 0.695. The number of aromatic nitrogens is 1. The summed E-state index contributed by atoms with van der Waals surface area (Å²) < 4.78 is 0. The molecule has 1 aromatic rings. The minimum atomic E-state index is -0.00347. The second-order valence-corrected chi connectivity index (χ2v) is 1.74. The Kier molecular flexibility index (Phi) is 7.41. The third kappa shape index (κ3) is 3.41. The molecule has 0 amide bonds. The van der Waals surface area contributed by atoms with Crippen LogP contribution < -0.4 is 11.2 Å². The van der Waals surface area contributed by atoms with Crippen molar-refractivity contribution >= 4 is 24.8 Å². The predicted octanol–water partition coefficient (Wildman–Crippen LogP) is 0.677. The van der Waals surface area contributed by atoms with Crippen LogP contribution in [0.15, 0.2) is 23.3 Å². The van der Waals surface area contributed by atoms with Gasteiger partial charge in [-0.2, -0.15) is 0 Å². The maximum atomic E-state index is 10.8. The summed E-state index contributed by atoms with van der Waals surface area (Å²) in [6.07, 6.45) is 3.20. The Hall–Kier alpha value is -0.510. The number of aromatic amines is 1. The summed E-state index contributed by atoms with van der Waals surface area (Å²) in [5.74, 6) is 0. The zero-order chi connectivity index (χ0) is 6.69. The van der Waals surface area contributed by atoms with Gasteiger partial charge in [0.15, 0.2) is 5.43 Å². The number of hydrogen-bond donors (Lipinski definition) is 2. The summed E-state index contributed by atoms with van der Waals surface area (Å²) >= 11 is 0. The Bertz CT molecular complexity index is 248. The van der Waals surface area contributed by atoms with Gasteiger partial charge in [-0.25, -0.2) is 0 Å². The van der Waals surface area contributed by atoms with Gasteiger partial charge in [-0.3, -0.25) is 4.79 Å². The lowest BCUT2D eigenvalue weighted by atomic mass is 10.3. The van der Waals surface area contributed by atoms with Gasteiger partial charge >= 0.3 is 0 Å². The molecule has 0 aliphatic heterocycles. The smallest absolute Gasteiger partial charge is 0.186 e. The largest absolute Gasteiger partial charge is 0.367 e. The van der Waals surface area contributed by atoms with Crippen LogP contribution in [0.3, 0.4) is 0 Å². The predicted molar refractivity (Wildman–Crippen MR) is 49.5 cm³/mol. The van der Waals surface area contributed by atoms with Gasteiger partial charge in [0.05, 0.1) is 0 Å². The van der Waals surface area contributed by atoms with E-state index in [2.05, 4.69) is 4.98 Å². The lowest BCUT2D eigenvalue weighted by molar-refractivity contribution is 1.03. The van der Waals surface area contributed by atoms with E-state index in [1.807, 2.05) is 0 Å². The van der Waals surface area contributed by atoms with Gasteiger partial charge < -0.3 is 10.7 Å². The molecule has 64 valence electrons. The van der Waals surface area contributed by atoms with Crippen LogP contribution >= 0.6 is 24.8 Å². The van der Waals surface area contributed by atoms with E-state index < -0.39 is 0 Å². The first-order chi connectivity index (χ1) is 4.34. The summed E-state index contributed by atoms with van der Waals surface area (Å²) in [5, 5.41) is 0. The van der Waals surface area contributed by atoms with Crippen LogP contribution in [0.2, 0.25) is 0 Å². The third-order valence-electron chi connectivity index (χ3n) is 1.12. The molecule has 3 nitrogen and oxygen atoms in total. The Labute approximate surface area is 76.8 Å². The van der Waals surface area contributed by atoms with Gasteiger partial charge in [0.1, 0.15) is 0 Å². The minimum Gasteiger partial charge on any atom is -0.367 e. The second-order valence-electron chi connectivity index (χ2n) is 1.74. The van der Waals surface area contributed by atoms with Crippen LogP contribution in [0.5, 0.6) is 0 Å². The zero-order valence-corrected chi connectivity index (χ0v) is 7.37. The van der Waals surface area contributed by atoms with Gasteiger partial charge in [0, 0.05) is 30.6 Å². The van der Waals surface area contributed by atoms with Gasteiger partial charge in [0.2, 0.25) is 0 Å². The van der Waals surface area contributed by atoms with Crippen LogP contribution in [0.25, 0.3) is 0 Å². The first-order valence-electron chi connectivity index (χ1n) is 2.70. The van der Waals surface area contributed by atoms with E-state index in [-0.39, 0.29) is 30.2 Å².